The van der Waals surface area contributed by atoms with E-state index in [9.17, 15) is 0 Å². The van der Waals surface area contributed by atoms with Crippen molar-refractivity contribution in [2.45, 2.75) is 17.7 Å². The lowest BCUT2D eigenvalue weighted by Gasteiger charge is -2.00. The maximum absolute atomic E-state index is 8.59. The molecule has 0 saturated heterocycles. The lowest BCUT2D eigenvalue weighted by molar-refractivity contribution is 0.287. The van der Waals surface area contributed by atoms with Gasteiger partial charge in [-0.3, -0.25) is 0 Å². The molecule has 0 radical (unpaired) electrons. The number of benzene rings is 1. The van der Waals surface area contributed by atoms with Crippen molar-refractivity contribution in [2.75, 3.05) is 12.4 Å². The van der Waals surface area contributed by atoms with Gasteiger partial charge in [-0.1, -0.05) is 22.0 Å². The highest BCUT2D eigenvalue weighted by molar-refractivity contribution is 9.10. The van der Waals surface area contributed by atoms with Crippen molar-refractivity contribution in [3.8, 4) is 0 Å². The van der Waals surface area contributed by atoms with E-state index >= 15 is 0 Å². The summed E-state index contributed by atoms with van der Waals surface area (Å²) in [7, 11) is 0. The van der Waals surface area contributed by atoms with E-state index in [2.05, 4.69) is 28.1 Å². The van der Waals surface area contributed by atoms with E-state index in [-0.39, 0.29) is 0 Å². The van der Waals surface area contributed by atoms with Crippen LogP contribution in [0.5, 0.6) is 0 Å². The van der Waals surface area contributed by atoms with E-state index in [1.54, 1.807) is 0 Å². The largest absolute Gasteiger partial charge is 0.396 e. The molecular formula is C10H13BrOS. The van der Waals surface area contributed by atoms with Gasteiger partial charge in [-0.25, -0.2) is 0 Å². The SMILES string of the molecule is OCCCCSc1cccc(Br)c1. The molecule has 0 aliphatic heterocycles. The first kappa shape index (κ1) is 11.1. The molecule has 0 amide bonds. The van der Waals surface area contributed by atoms with Gasteiger partial charge in [0, 0.05) is 16.0 Å². The van der Waals surface area contributed by atoms with Gasteiger partial charge < -0.3 is 5.11 Å². The van der Waals surface area contributed by atoms with Crippen LogP contribution < -0.4 is 0 Å². The molecule has 1 nitrogen and oxygen atoms in total. The third kappa shape index (κ3) is 4.69. The van der Waals surface area contributed by atoms with Gasteiger partial charge in [-0.05, 0) is 36.8 Å². The van der Waals surface area contributed by atoms with Crippen LogP contribution in [-0.4, -0.2) is 17.5 Å². The van der Waals surface area contributed by atoms with Crippen molar-refractivity contribution >= 4 is 27.7 Å². The zero-order chi connectivity index (χ0) is 9.52. The molecule has 0 saturated carbocycles. The van der Waals surface area contributed by atoms with Crippen LogP contribution in [0.4, 0.5) is 0 Å². The van der Waals surface area contributed by atoms with Gasteiger partial charge in [-0.2, -0.15) is 0 Å². The van der Waals surface area contributed by atoms with E-state index < -0.39 is 0 Å². The second kappa shape index (κ2) is 6.46. The monoisotopic (exact) mass is 260 g/mol. The Morgan fingerprint density at radius 2 is 2.15 bits per heavy atom. The Hall–Kier alpha value is 0.01000. The summed E-state index contributed by atoms with van der Waals surface area (Å²) in [6, 6.07) is 8.29. The maximum atomic E-state index is 8.59. The molecule has 0 bridgehead atoms. The van der Waals surface area contributed by atoms with Gasteiger partial charge in [0.15, 0.2) is 0 Å². The first-order chi connectivity index (χ1) is 6.33. The molecular weight excluding hydrogens is 248 g/mol. The van der Waals surface area contributed by atoms with Gasteiger partial charge in [-0.15, -0.1) is 11.8 Å². The lowest BCUT2D eigenvalue weighted by atomic mass is 10.4. The van der Waals surface area contributed by atoms with Crippen LogP contribution in [0.15, 0.2) is 33.6 Å². The van der Waals surface area contributed by atoms with Crippen molar-refractivity contribution in [3.05, 3.63) is 28.7 Å². The number of aliphatic hydroxyl groups is 1. The number of rotatable bonds is 5. The number of hydrogen-bond acceptors (Lipinski definition) is 2. The quantitative estimate of drug-likeness (QED) is 0.648. The minimum absolute atomic E-state index is 0.305. The van der Waals surface area contributed by atoms with Crippen molar-refractivity contribution in [2.24, 2.45) is 0 Å². The Balaban J connectivity index is 2.28. The molecule has 72 valence electrons. The zero-order valence-corrected chi connectivity index (χ0v) is 9.77. The van der Waals surface area contributed by atoms with E-state index in [4.69, 9.17) is 5.11 Å². The summed E-state index contributed by atoms with van der Waals surface area (Å²) in [5, 5.41) is 8.59. The van der Waals surface area contributed by atoms with Crippen LogP contribution in [0.1, 0.15) is 12.8 Å². The molecule has 1 aromatic carbocycles. The molecule has 1 aromatic rings. The third-order valence-corrected chi connectivity index (χ3v) is 3.19. The van der Waals surface area contributed by atoms with Gasteiger partial charge in [0.2, 0.25) is 0 Å². The fourth-order valence-electron chi connectivity index (χ4n) is 0.961. The zero-order valence-electron chi connectivity index (χ0n) is 7.37. The molecule has 0 aliphatic rings. The first-order valence-electron chi connectivity index (χ1n) is 4.32. The Kier molecular flexibility index (Phi) is 5.51. The Labute approximate surface area is 91.7 Å². The fourth-order valence-corrected chi connectivity index (χ4v) is 2.48. The smallest absolute Gasteiger partial charge is 0.0431 e. The topological polar surface area (TPSA) is 20.2 Å². The second-order valence-electron chi connectivity index (χ2n) is 2.74. The average molecular weight is 261 g/mol. The van der Waals surface area contributed by atoms with Crippen molar-refractivity contribution in [1.82, 2.24) is 0 Å². The van der Waals surface area contributed by atoms with Crippen LogP contribution in [0.3, 0.4) is 0 Å². The molecule has 0 aliphatic carbocycles. The van der Waals surface area contributed by atoms with E-state index in [1.165, 1.54) is 4.90 Å². The molecule has 3 heteroatoms. The van der Waals surface area contributed by atoms with E-state index in [1.807, 2.05) is 23.9 Å². The minimum atomic E-state index is 0.305. The van der Waals surface area contributed by atoms with Crippen LogP contribution in [0, 0.1) is 0 Å². The summed E-state index contributed by atoms with van der Waals surface area (Å²) in [5.74, 6) is 1.08. The number of halogens is 1. The van der Waals surface area contributed by atoms with Gasteiger partial charge in [0.05, 0.1) is 0 Å². The molecule has 1 N–H and O–H groups in total. The van der Waals surface area contributed by atoms with E-state index in [0.29, 0.717) is 6.61 Å². The van der Waals surface area contributed by atoms with Gasteiger partial charge in [0.25, 0.3) is 0 Å². The van der Waals surface area contributed by atoms with E-state index in [0.717, 1.165) is 23.1 Å². The fraction of sp³-hybridized carbons (Fsp3) is 0.400. The molecule has 0 atom stereocenters. The van der Waals surface area contributed by atoms with Crippen molar-refractivity contribution < 1.29 is 5.11 Å². The van der Waals surface area contributed by atoms with Crippen LogP contribution >= 0.6 is 27.7 Å². The molecule has 0 fully saturated rings. The standard InChI is InChI=1S/C10H13BrOS/c11-9-4-3-5-10(8-9)13-7-2-1-6-12/h3-5,8,12H,1-2,6-7H2. The highest BCUT2D eigenvalue weighted by Gasteiger charge is 1.94. The number of unbranched alkanes of at least 4 members (excludes halogenated alkanes) is 1. The van der Waals surface area contributed by atoms with Gasteiger partial charge >= 0.3 is 0 Å². The molecule has 0 unspecified atom stereocenters. The normalized spacial score (nSPS) is 10.3. The summed E-state index contributed by atoms with van der Waals surface area (Å²) in [6.07, 6.45) is 1.98. The summed E-state index contributed by atoms with van der Waals surface area (Å²) in [5.41, 5.74) is 0. The van der Waals surface area contributed by atoms with Crippen LogP contribution in [-0.2, 0) is 0 Å². The number of hydrogen-bond donors (Lipinski definition) is 1. The number of aliphatic hydroxyl groups excluding tert-OH is 1. The van der Waals surface area contributed by atoms with Crippen molar-refractivity contribution in [1.29, 1.82) is 0 Å². The molecule has 13 heavy (non-hydrogen) atoms. The van der Waals surface area contributed by atoms with Gasteiger partial charge in [0.1, 0.15) is 0 Å². The average Bonchev–Trinajstić information content (AvgIpc) is 2.13. The lowest BCUT2D eigenvalue weighted by Crippen LogP contribution is -1.85. The minimum Gasteiger partial charge on any atom is -0.396 e. The maximum Gasteiger partial charge on any atom is 0.0431 e. The van der Waals surface area contributed by atoms with Crippen LogP contribution in [0.25, 0.3) is 0 Å². The number of thioether (sulfide) groups is 1. The summed E-state index contributed by atoms with van der Waals surface area (Å²) >= 11 is 5.26. The summed E-state index contributed by atoms with van der Waals surface area (Å²) in [6.45, 7) is 0.305. The molecule has 1 rings (SSSR count). The first-order valence-corrected chi connectivity index (χ1v) is 6.10. The molecule has 0 heterocycles. The molecule has 0 spiro atoms. The predicted octanol–water partition coefficient (Wildman–Crippen LogP) is 3.31. The highest BCUT2D eigenvalue weighted by Crippen LogP contribution is 2.22. The predicted molar refractivity (Wildman–Crippen MR) is 61.2 cm³/mol. The highest BCUT2D eigenvalue weighted by atomic mass is 79.9. The Bertz CT molecular complexity index is 252. The second-order valence-corrected chi connectivity index (χ2v) is 4.82. The summed E-state index contributed by atoms with van der Waals surface area (Å²) < 4.78 is 1.12. The van der Waals surface area contributed by atoms with Crippen molar-refractivity contribution in [3.63, 3.8) is 0 Å². The Morgan fingerprint density at radius 1 is 1.31 bits per heavy atom. The van der Waals surface area contributed by atoms with Crippen LogP contribution in [0.2, 0.25) is 0 Å². The molecule has 0 aromatic heterocycles. The Morgan fingerprint density at radius 3 is 2.85 bits per heavy atom. The summed E-state index contributed by atoms with van der Waals surface area (Å²) in [4.78, 5) is 1.28. The third-order valence-electron chi connectivity index (χ3n) is 1.62.